The number of rotatable bonds is 4. The molecule has 16 heavy (non-hydrogen) atoms. The second-order valence-electron chi connectivity index (χ2n) is 4.82. The van der Waals surface area contributed by atoms with Crippen LogP contribution in [-0.4, -0.2) is 23.2 Å². The summed E-state index contributed by atoms with van der Waals surface area (Å²) in [6.07, 6.45) is 4.46. The number of nitrogens with one attached hydrogen (secondary N) is 1. The molecule has 0 saturated heterocycles. The van der Waals surface area contributed by atoms with Crippen LogP contribution < -0.4 is 5.32 Å². The molecule has 1 aliphatic carbocycles. The van der Waals surface area contributed by atoms with Gasteiger partial charge in [0.2, 0.25) is 5.89 Å². The quantitative estimate of drug-likeness (QED) is 0.883. The van der Waals surface area contributed by atoms with Crippen LogP contribution in [0.1, 0.15) is 44.8 Å². The Kier molecular flexibility index (Phi) is 4.33. The summed E-state index contributed by atoms with van der Waals surface area (Å²) in [5.41, 5.74) is 0.161. The Balaban J connectivity index is 0.00000128. The zero-order chi connectivity index (χ0) is 10.9. The predicted molar refractivity (Wildman–Crippen MR) is 65.0 cm³/mol. The minimum atomic E-state index is 0. The molecule has 0 aliphatic heterocycles. The van der Waals surface area contributed by atoms with Gasteiger partial charge in [-0.15, -0.1) is 12.4 Å². The average Bonchev–Trinajstić information content (AvgIpc) is 2.62. The lowest BCUT2D eigenvalue weighted by atomic mass is 9.70. The molecule has 1 heterocycles. The van der Waals surface area contributed by atoms with Gasteiger partial charge < -0.3 is 9.84 Å². The molecule has 1 atom stereocenters. The van der Waals surface area contributed by atoms with E-state index in [1.807, 2.05) is 7.05 Å². The highest BCUT2D eigenvalue weighted by Gasteiger charge is 2.38. The molecule has 1 N–H and O–H groups in total. The number of hydrogen-bond acceptors (Lipinski definition) is 4. The van der Waals surface area contributed by atoms with E-state index in [1.54, 1.807) is 0 Å². The fourth-order valence-corrected chi connectivity index (χ4v) is 1.88. The smallest absolute Gasteiger partial charge is 0.232 e. The fourth-order valence-electron chi connectivity index (χ4n) is 1.88. The van der Waals surface area contributed by atoms with Gasteiger partial charge in [0.1, 0.15) is 0 Å². The van der Waals surface area contributed by atoms with Gasteiger partial charge >= 0.3 is 0 Å². The van der Waals surface area contributed by atoms with Crippen LogP contribution in [0.2, 0.25) is 0 Å². The van der Waals surface area contributed by atoms with Gasteiger partial charge in [0.05, 0.1) is 0 Å². The van der Waals surface area contributed by atoms with Gasteiger partial charge in [-0.05, 0) is 26.8 Å². The Morgan fingerprint density at radius 3 is 2.69 bits per heavy atom. The van der Waals surface area contributed by atoms with Crippen molar-refractivity contribution in [2.24, 2.45) is 0 Å². The van der Waals surface area contributed by atoms with Crippen LogP contribution in [0.5, 0.6) is 0 Å². The molecule has 2 rings (SSSR count). The molecule has 0 amide bonds. The van der Waals surface area contributed by atoms with Crippen molar-refractivity contribution in [2.75, 3.05) is 7.05 Å². The van der Waals surface area contributed by atoms with Gasteiger partial charge in [-0.3, -0.25) is 0 Å². The van der Waals surface area contributed by atoms with Crippen LogP contribution >= 0.6 is 12.4 Å². The largest absolute Gasteiger partial charge is 0.339 e. The predicted octanol–water partition coefficient (Wildman–Crippen LogP) is 2.08. The highest BCUT2D eigenvalue weighted by atomic mass is 35.5. The Bertz CT molecular complexity index is 336. The molecule has 1 aromatic rings. The third kappa shape index (κ3) is 2.55. The van der Waals surface area contributed by atoms with Gasteiger partial charge in [0.15, 0.2) is 5.82 Å². The van der Waals surface area contributed by atoms with E-state index in [0.717, 1.165) is 18.1 Å². The van der Waals surface area contributed by atoms with Crippen molar-refractivity contribution in [1.82, 2.24) is 15.5 Å². The van der Waals surface area contributed by atoms with Crippen molar-refractivity contribution in [3.05, 3.63) is 11.7 Å². The molecule has 4 nitrogen and oxygen atoms in total. The summed E-state index contributed by atoms with van der Waals surface area (Å²) in [5.74, 6) is 1.65. The van der Waals surface area contributed by atoms with Crippen molar-refractivity contribution >= 4 is 12.4 Å². The second kappa shape index (κ2) is 5.15. The number of hydrogen-bond donors (Lipinski definition) is 1. The Labute approximate surface area is 103 Å². The van der Waals surface area contributed by atoms with E-state index in [9.17, 15) is 0 Å². The maximum Gasteiger partial charge on any atom is 0.232 e. The summed E-state index contributed by atoms with van der Waals surface area (Å²) in [6, 6.07) is 0.393. The van der Waals surface area contributed by atoms with Gasteiger partial charge in [0, 0.05) is 17.9 Å². The number of aromatic nitrogens is 2. The van der Waals surface area contributed by atoms with Crippen LogP contribution in [0.15, 0.2) is 4.52 Å². The van der Waals surface area contributed by atoms with Crippen molar-refractivity contribution in [1.29, 1.82) is 0 Å². The molecular weight excluding hydrogens is 226 g/mol. The normalized spacial score (nSPS) is 19.7. The lowest BCUT2D eigenvalue weighted by Crippen LogP contribution is -2.30. The number of likely N-dealkylation sites (N-methyl/N-ethyl adjacent to an activating group) is 1. The molecule has 0 spiro atoms. The summed E-state index contributed by atoms with van der Waals surface area (Å²) in [6.45, 7) is 4.32. The first-order chi connectivity index (χ1) is 7.14. The van der Waals surface area contributed by atoms with Crippen molar-refractivity contribution in [3.8, 4) is 0 Å². The number of halogens is 1. The average molecular weight is 246 g/mol. The lowest BCUT2D eigenvalue weighted by molar-refractivity contribution is 0.194. The Hall–Kier alpha value is -0.610. The second-order valence-corrected chi connectivity index (χ2v) is 4.82. The third-order valence-electron chi connectivity index (χ3n) is 3.42. The molecule has 92 valence electrons. The zero-order valence-corrected chi connectivity index (χ0v) is 10.9. The Morgan fingerprint density at radius 1 is 1.50 bits per heavy atom. The molecule has 0 aromatic carbocycles. The van der Waals surface area contributed by atoms with E-state index in [4.69, 9.17) is 4.52 Å². The van der Waals surface area contributed by atoms with E-state index in [1.165, 1.54) is 19.3 Å². The van der Waals surface area contributed by atoms with E-state index >= 15 is 0 Å². The monoisotopic (exact) mass is 245 g/mol. The molecule has 1 aliphatic rings. The maximum absolute atomic E-state index is 5.33. The van der Waals surface area contributed by atoms with Gasteiger partial charge in [-0.25, -0.2) is 0 Å². The molecule has 5 heteroatoms. The van der Waals surface area contributed by atoms with E-state index in [0.29, 0.717) is 6.04 Å². The van der Waals surface area contributed by atoms with Crippen LogP contribution in [0.4, 0.5) is 0 Å². The molecule has 0 bridgehead atoms. The zero-order valence-electron chi connectivity index (χ0n) is 10.1. The minimum absolute atomic E-state index is 0. The Morgan fingerprint density at radius 2 is 2.19 bits per heavy atom. The van der Waals surface area contributed by atoms with Crippen LogP contribution in [0.3, 0.4) is 0 Å². The van der Waals surface area contributed by atoms with Crippen molar-refractivity contribution < 1.29 is 4.52 Å². The summed E-state index contributed by atoms with van der Waals surface area (Å²) in [7, 11) is 1.94. The van der Waals surface area contributed by atoms with Crippen molar-refractivity contribution in [3.63, 3.8) is 0 Å². The van der Waals surface area contributed by atoms with Gasteiger partial charge in [-0.2, -0.15) is 4.98 Å². The third-order valence-corrected chi connectivity index (χ3v) is 3.42. The lowest BCUT2D eigenvalue weighted by Gasteiger charge is -2.34. The van der Waals surface area contributed by atoms with E-state index in [-0.39, 0.29) is 17.8 Å². The summed E-state index contributed by atoms with van der Waals surface area (Å²) in [5, 5.41) is 7.19. The first-order valence-corrected chi connectivity index (χ1v) is 5.64. The number of nitrogens with zero attached hydrogens (tertiary/aromatic N) is 2. The van der Waals surface area contributed by atoms with Crippen molar-refractivity contribution in [2.45, 2.75) is 51.0 Å². The van der Waals surface area contributed by atoms with Gasteiger partial charge in [0.25, 0.3) is 0 Å². The minimum Gasteiger partial charge on any atom is -0.339 e. The molecular formula is C11H20ClN3O. The molecule has 1 fully saturated rings. The topological polar surface area (TPSA) is 51.0 Å². The van der Waals surface area contributed by atoms with Crippen LogP contribution in [-0.2, 0) is 11.8 Å². The molecule has 1 saturated carbocycles. The molecule has 0 radical (unpaired) electrons. The maximum atomic E-state index is 5.33. The van der Waals surface area contributed by atoms with E-state index in [2.05, 4.69) is 29.3 Å². The fraction of sp³-hybridized carbons (Fsp3) is 0.818. The SMILES string of the molecule is CNC(C)Cc1noc(C2(C)CCC2)n1.Cl. The first-order valence-electron chi connectivity index (χ1n) is 5.64. The van der Waals surface area contributed by atoms with E-state index < -0.39 is 0 Å². The molecule has 1 unspecified atom stereocenters. The summed E-state index contributed by atoms with van der Waals surface area (Å²) in [4.78, 5) is 4.47. The molecule has 1 aromatic heterocycles. The van der Waals surface area contributed by atoms with Gasteiger partial charge in [-0.1, -0.05) is 18.5 Å². The standard InChI is InChI=1S/C11H19N3O.ClH/c1-8(12-3)7-9-13-10(15-14-9)11(2)5-4-6-11;/h8,12H,4-7H2,1-3H3;1H. The highest BCUT2D eigenvalue weighted by Crippen LogP contribution is 2.42. The summed E-state index contributed by atoms with van der Waals surface area (Å²) >= 11 is 0. The summed E-state index contributed by atoms with van der Waals surface area (Å²) < 4.78 is 5.33. The van der Waals surface area contributed by atoms with Crippen LogP contribution in [0, 0.1) is 0 Å². The highest BCUT2D eigenvalue weighted by molar-refractivity contribution is 5.85. The first kappa shape index (κ1) is 13.5. The van der Waals surface area contributed by atoms with Crippen LogP contribution in [0.25, 0.3) is 0 Å².